The predicted molar refractivity (Wildman–Crippen MR) is 99.1 cm³/mol. The Kier molecular flexibility index (Phi) is 3.64. The van der Waals surface area contributed by atoms with Gasteiger partial charge in [0.25, 0.3) is 11.8 Å². The third-order valence-corrected chi connectivity index (χ3v) is 5.98. The van der Waals surface area contributed by atoms with E-state index < -0.39 is 6.04 Å². The van der Waals surface area contributed by atoms with Crippen LogP contribution < -0.4 is 0 Å². The summed E-state index contributed by atoms with van der Waals surface area (Å²) in [7, 11) is 0. The lowest BCUT2D eigenvalue weighted by atomic mass is 10.0. The van der Waals surface area contributed by atoms with Crippen LogP contribution in [0.4, 0.5) is 0 Å². The summed E-state index contributed by atoms with van der Waals surface area (Å²) in [5, 5.41) is 0. The van der Waals surface area contributed by atoms with Gasteiger partial charge in [0.15, 0.2) is 0 Å². The molecule has 0 aromatic heterocycles. The summed E-state index contributed by atoms with van der Waals surface area (Å²) in [6, 6.07) is 15.6. The van der Waals surface area contributed by atoms with Crippen LogP contribution in [0.1, 0.15) is 32.7 Å². The predicted octanol–water partition coefficient (Wildman–Crippen LogP) is 2.37. The molecule has 1 aliphatic carbocycles. The molecule has 0 radical (unpaired) electrons. The van der Waals surface area contributed by atoms with E-state index in [-0.39, 0.29) is 17.7 Å². The summed E-state index contributed by atoms with van der Waals surface area (Å²) in [5.74, 6) is 0.367. The van der Waals surface area contributed by atoms with Gasteiger partial charge in [-0.05, 0) is 36.0 Å². The number of nitrogens with zero attached hydrogens (tertiary/aromatic N) is 2. The molecule has 0 spiro atoms. The summed E-state index contributed by atoms with van der Waals surface area (Å²) >= 11 is 0. The molecule has 3 unspecified atom stereocenters. The van der Waals surface area contributed by atoms with Crippen molar-refractivity contribution in [3.05, 3.63) is 71.3 Å². The normalized spacial score (nSPS) is 24.0. The van der Waals surface area contributed by atoms with Gasteiger partial charge in [0, 0.05) is 19.5 Å². The molecule has 2 aliphatic heterocycles. The van der Waals surface area contributed by atoms with E-state index in [9.17, 15) is 14.4 Å². The van der Waals surface area contributed by atoms with Crippen LogP contribution in [-0.2, 0) is 11.2 Å². The number of imide groups is 1. The standard InChI is InChI=1S/C22H20N2O3/c25-20-17-8-4-5-9-18(17)21(26)24(20)19(10-14-6-2-1-3-7-14)22(27)23-12-15-11-16(15)13-23/h1-9,15-16,19H,10-13H2. The minimum atomic E-state index is -0.794. The fraction of sp³-hybridized carbons (Fsp3) is 0.318. The van der Waals surface area contributed by atoms with Crippen LogP contribution in [0.2, 0.25) is 0 Å². The first-order valence-electron chi connectivity index (χ1n) is 9.43. The van der Waals surface area contributed by atoms with Crippen LogP contribution in [0.15, 0.2) is 54.6 Å². The van der Waals surface area contributed by atoms with Crippen LogP contribution in [0.25, 0.3) is 0 Å². The molecule has 3 aliphatic rings. The lowest BCUT2D eigenvalue weighted by Crippen LogP contribution is -2.52. The molecule has 27 heavy (non-hydrogen) atoms. The molecule has 0 N–H and O–H groups in total. The number of piperidine rings is 1. The quantitative estimate of drug-likeness (QED) is 0.787. The summed E-state index contributed by atoms with van der Waals surface area (Å²) in [6.07, 6.45) is 1.54. The van der Waals surface area contributed by atoms with Crippen LogP contribution in [0.3, 0.4) is 0 Å². The Labute approximate surface area is 157 Å². The Morgan fingerprint density at radius 3 is 2.04 bits per heavy atom. The third-order valence-electron chi connectivity index (χ3n) is 5.98. The lowest BCUT2D eigenvalue weighted by molar-refractivity contribution is -0.134. The largest absolute Gasteiger partial charge is 0.340 e. The number of fused-ring (bicyclic) bond motifs is 2. The first kappa shape index (κ1) is 16.2. The second-order valence-corrected chi connectivity index (χ2v) is 7.73. The van der Waals surface area contributed by atoms with E-state index in [1.165, 1.54) is 11.3 Å². The van der Waals surface area contributed by atoms with E-state index >= 15 is 0 Å². The Bertz CT molecular complexity index is 895. The van der Waals surface area contributed by atoms with Crippen molar-refractivity contribution in [3.63, 3.8) is 0 Å². The molecule has 2 heterocycles. The van der Waals surface area contributed by atoms with Gasteiger partial charge in [-0.25, -0.2) is 0 Å². The number of rotatable bonds is 4. The monoisotopic (exact) mass is 360 g/mol. The van der Waals surface area contributed by atoms with Gasteiger partial charge >= 0.3 is 0 Å². The number of likely N-dealkylation sites (tertiary alicyclic amines) is 1. The van der Waals surface area contributed by atoms with Crippen molar-refractivity contribution in [2.45, 2.75) is 18.9 Å². The summed E-state index contributed by atoms with van der Waals surface area (Å²) in [4.78, 5) is 42.3. The van der Waals surface area contributed by atoms with E-state index in [1.54, 1.807) is 24.3 Å². The van der Waals surface area contributed by atoms with Crippen LogP contribution in [0, 0.1) is 11.8 Å². The van der Waals surface area contributed by atoms with E-state index in [2.05, 4.69) is 0 Å². The van der Waals surface area contributed by atoms with Crippen LogP contribution in [-0.4, -0.2) is 46.7 Å². The molecule has 3 amide bonds. The first-order valence-corrected chi connectivity index (χ1v) is 9.43. The molecule has 5 rings (SSSR count). The lowest BCUT2D eigenvalue weighted by Gasteiger charge is -2.30. The molecule has 2 aromatic rings. The number of amides is 3. The first-order chi connectivity index (χ1) is 13.1. The van der Waals surface area contributed by atoms with Crippen molar-refractivity contribution >= 4 is 17.7 Å². The van der Waals surface area contributed by atoms with Crippen molar-refractivity contribution in [2.24, 2.45) is 11.8 Å². The summed E-state index contributed by atoms with van der Waals surface area (Å²) in [5.41, 5.74) is 1.71. The number of carbonyl (C=O) groups excluding carboxylic acids is 3. The molecule has 5 heteroatoms. The molecular weight excluding hydrogens is 340 g/mol. The fourth-order valence-electron chi connectivity index (χ4n) is 4.41. The van der Waals surface area contributed by atoms with Crippen molar-refractivity contribution in [1.82, 2.24) is 9.80 Å². The van der Waals surface area contributed by atoms with Crippen LogP contribution in [0.5, 0.6) is 0 Å². The van der Waals surface area contributed by atoms with E-state index in [0.717, 1.165) is 18.7 Å². The number of hydrogen-bond donors (Lipinski definition) is 0. The SMILES string of the molecule is O=C(C(Cc1ccccc1)N1C(=O)c2ccccc2C1=O)N1CC2CC2C1. The zero-order valence-electron chi connectivity index (χ0n) is 14.9. The molecule has 5 nitrogen and oxygen atoms in total. The highest BCUT2D eigenvalue weighted by Crippen LogP contribution is 2.45. The molecular formula is C22H20N2O3. The Morgan fingerprint density at radius 2 is 1.44 bits per heavy atom. The third kappa shape index (κ3) is 2.65. The van der Waals surface area contributed by atoms with Gasteiger partial charge in [-0.3, -0.25) is 19.3 Å². The second-order valence-electron chi connectivity index (χ2n) is 7.73. The van der Waals surface area contributed by atoms with Crippen LogP contribution >= 0.6 is 0 Å². The van der Waals surface area contributed by atoms with E-state index in [0.29, 0.717) is 29.4 Å². The smallest absolute Gasteiger partial charge is 0.262 e. The Hall–Kier alpha value is -2.95. The van der Waals surface area contributed by atoms with Crippen molar-refractivity contribution in [1.29, 1.82) is 0 Å². The number of hydrogen-bond acceptors (Lipinski definition) is 3. The van der Waals surface area contributed by atoms with Crippen molar-refractivity contribution in [2.75, 3.05) is 13.1 Å². The van der Waals surface area contributed by atoms with Gasteiger partial charge in [0.2, 0.25) is 5.91 Å². The Morgan fingerprint density at radius 1 is 0.889 bits per heavy atom. The minimum Gasteiger partial charge on any atom is -0.340 e. The van der Waals surface area contributed by atoms with Gasteiger partial charge in [0.1, 0.15) is 6.04 Å². The van der Waals surface area contributed by atoms with Gasteiger partial charge in [-0.2, -0.15) is 0 Å². The molecule has 0 bridgehead atoms. The topological polar surface area (TPSA) is 57.7 Å². The highest BCUT2D eigenvalue weighted by atomic mass is 16.2. The van der Waals surface area contributed by atoms with E-state index in [4.69, 9.17) is 0 Å². The van der Waals surface area contributed by atoms with Gasteiger partial charge < -0.3 is 4.90 Å². The average molecular weight is 360 g/mol. The molecule has 2 fully saturated rings. The zero-order chi connectivity index (χ0) is 18.5. The minimum absolute atomic E-state index is 0.111. The summed E-state index contributed by atoms with van der Waals surface area (Å²) < 4.78 is 0. The van der Waals surface area contributed by atoms with E-state index in [1.807, 2.05) is 35.2 Å². The number of carbonyl (C=O) groups is 3. The molecule has 1 saturated carbocycles. The maximum atomic E-state index is 13.3. The van der Waals surface area contributed by atoms with Crippen molar-refractivity contribution < 1.29 is 14.4 Å². The molecule has 136 valence electrons. The van der Waals surface area contributed by atoms with Gasteiger partial charge in [-0.1, -0.05) is 42.5 Å². The molecule has 3 atom stereocenters. The zero-order valence-corrected chi connectivity index (χ0v) is 14.9. The highest BCUT2D eigenvalue weighted by Gasteiger charge is 2.50. The maximum Gasteiger partial charge on any atom is 0.262 e. The Balaban J connectivity index is 1.49. The fourth-order valence-corrected chi connectivity index (χ4v) is 4.41. The second kappa shape index (κ2) is 6.05. The molecule has 1 saturated heterocycles. The van der Waals surface area contributed by atoms with Crippen molar-refractivity contribution in [3.8, 4) is 0 Å². The molecule has 2 aromatic carbocycles. The van der Waals surface area contributed by atoms with Gasteiger partial charge in [0.05, 0.1) is 11.1 Å². The number of benzene rings is 2. The maximum absolute atomic E-state index is 13.3. The average Bonchev–Trinajstić information content (AvgIpc) is 3.23. The summed E-state index contributed by atoms with van der Waals surface area (Å²) in [6.45, 7) is 1.50. The highest BCUT2D eigenvalue weighted by molar-refractivity contribution is 6.22. The van der Waals surface area contributed by atoms with Gasteiger partial charge in [-0.15, -0.1) is 0 Å².